The standard InChI is InChI=1S/C11H26N4.Al/c1-9-11(4,13-15(7)8)10(2,3)12-14(5)6;/h9H2,1-8H3;/q-2;+2. The predicted molar refractivity (Wildman–Crippen MR) is 69.6 cm³/mol. The molecule has 0 spiro atoms. The fraction of sp³-hybridized carbons (Fsp3) is 1.00. The van der Waals surface area contributed by atoms with Crippen LogP contribution < -0.4 is 0 Å². The summed E-state index contributed by atoms with van der Waals surface area (Å²) in [5, 5.41) is 4.50. The van der Waals surface area contributed by atoms with Crippen molar-refractivity contribution in [1.29, 1.82) is 0 Å². The van der Waals surface area contributed by atoms with E-state index in [1.54, 1.807) is 0 Å². The van der Waals surface area contributed by atoms with Gasteiger partial charge < -0.3 is 7.98 Å². The second-order valence-electron chi connectivity index (χ2n) is 5.69. The van der Waals surface area contributed by atoms with Crippen LogP contribution in [0.25, 0.3) is 0 Å². The highest BCUT2D eigenvalue weighted by atomic mass is 27.1. The van der Waals surface area contributed by atoms with Gasteiger partial charge >= 0.3 is 15.7 Å². The van der Waals surface area contributed by atoms with Crippen LogP contribution in [0, 0.1) is 0 Å². The van der Waals surface area contributed by atoms with Gasteiger partial charge in [-0.3, -0.25) is 10.0 Å². The van der Waals surface area contributed by atoms with Gasteiger partial charge in [0.15, 0.2) is 0 Å². The van der Waals surface area contributed by atoms with Gasteiger partial charge in [0.2, 0.25) is 0 Å². The first-order chi connectivity index (χ1) is 7.18. The monoisotopic (exact) mass is 241 g/mol. The second kappa shape index (κ2) is 4.57. The van der Waals surface area contributed by atoms with Crippen molar-refractivity contribution in [2.24, 2.45) is 0 Å². The van der Waals surface area contributed by atoms with Crippen LogP contribution in [-0.2, 0) is 0 Å². The minimum absolute atomic E-state index is 0.128. The van der Waals surface area contributed by atoms with E-state index < -0.39 is 0 Å². The summed E-state index contributed by atoms with van der Waals surface area (Å²) in [6.45, 7) is 9.38. The maximum atomic E-state index is 2.53. The molecular formula is C11H26AlN4. The molecule has 0 aliphatic carbocycles. The van der Waals surface area contributed by atoms with Crippen LogP contribution in [0.4, 0.5) is 0 Å². The summed E-state index contributed by atoms with van der Waals surface area (Å²) >= 11 is 0.128. The lowest BCUT2D eigenvalue weighted by Crippen LogP contribution is -2.59. The Kier molecular flexibility index (Phi) is 4.12. The van der Waals surface area contributed by atoms with E-state index in [9.17, 15) is 0 Å². The van der Waals surface area contributed by atoms with Crippen LogP contribution in [-0.4, -0.2) is 72.9 Å². The molecule has 5 heteroatoms. The van der Waals surface area contributed by atoms with Crippen molar-refractivity contribution in [2.75, 3.05) is 28.2 Å². The lowest BCUT2D eigenvalue weighted by Gasteiger charge is -2.50. The maximum absolute atomic E-state index is 2.53. The predicted octanol–water partition coefficient (Wildman–Crippen LogP) is 1.04. The van der Waals surface area contributed by atoms with Crippen LogP contribution in [0.2, 0.25) is 0 Å². The summed E-state index contributed by atoms with van der Waals surface area (Å²) in [6, 6.07) is 0. The molecule has 1 aliphatic heterocycles. The summed E-state index contributed by atoms with van der Waals surface area (Å²) in [5.74, 6) is 0. The number of rotatable bonds is 3. The van der Waals surface area contributed by atoms with Crippen molar-refractivity contribution < 1.29 is 0 Å². The van der Waals surface area contributed by atoms with E-state index in [0.29, 0.717) is 0 Å². The van der Waals surface area contributed by atoms with Crippen molar-refractivity contribution in [3.63, 3.8) is 0 Å². The van der Waals surface area contributed by atoms with Gasteiger partial charge in [0.05, 0.1) is 0 Å². The highest BCUT2D eigenvalue weighted by Crippen LogP contribution is 2.41. The minimum atomic E-state index is 0.128. The number of hydrazine groups is 2. The largest absolute Gasteiger partial charge is 0.487 e. The summed E-state index contributed by atoms with van der Waals surface area (Å²) in [7, 11) is 8.58. The first-order valence-electron chi connectivity index (χ1n) is 5.96. The van der Waals surface area contributed by atoms with Gasteiger partial charge in [-0.05, 0) is 55.4 Å². The van der Waals surface area contributed by atoms with E-state index in [4.69, 9.17) is 0 Å². The van der Waals surface area contributed by atoms with Crippen molar-refractivity contribution in [3.05, 3.63) is 0 Å². The van der Waals surface area contributed by atoms with E-state index in [1.165, 1.54) is 0 Å². The summed E-state index contributed by atoms with van der Waals surface area (Å²) < 4.78 is 5.05. The Morgan fingerprint density at radius 2 is 1.38 bits per heavy atom. The second-order valence-corrected chi connectivity index (χ2v) is 6.89. The van der Waals surface area contributed by atoms with Crippen molar-refractivity contribution in [2.45, 2.75) is 45.2 Å². The smallest absolute Gasteiger partial charge is 0.305 e. The Morgan fingerprint density at radius 3 is 1.62 bits per heavy atom. The van der Waals surface area contributed by atoms with Gasteiger partial charge in [-0.1, -0.05) is 6.92 Å². The van der Waals surface area contributed by atoms with Gasteiger partial charge in [0.1, 0.15) is 0 Å². The van der Waals surface area contributed by atoms with Crippen LogP contribution in [0.5, 0.6) is 0 Å². The molecule has 0 aromatic carbocycles. The summed E-state index contributed by atoms with van der Waals surface area (Å²) in [6.07, 6.45) is 1.16. The molecule has 0 N–H and O–H groups in total. The van der Waals surface area contributed by atoms with Crippen LogP contribution in [0.3, 0.4) is 0 Å². The zero-order valence-corrected chi connectivity index (χ0v) is 13.2. The molecule has 1 unspecified atom stereocenters. The number of hydrogen-bond acceptors (Lipinski definition) is 4. The zero-order chi connectivity index (χ0) is 12.7. The van der Waals surface area contributed by atoms with Crippen LogP contribution in [0.15, 0.2) is 0 Å². The molecule has 1 heterocycles. The Bertz CT molecular complexity index is 254. The zero-order valence-electron chi connectivity index (χ0n) is 12.1. The molecule has 1 aliphatic rings. The van der Waals surface area contributed by atoms with Gasteiger partial charge in [0, 0.05) is 11.1 Å². The third-order valence-electron chi connectivity index (χ3n) is 4.17. The van der Waals surface area contributed by atoms with Crippen molar-refractivity contribution >= 4 is 15.7 Å². The van der Waals surface area contributed by atoms with Gasteiger partial charge in [-0.25, -0.2) is 0 Å². The molecule has 0 amide bonds. The fourth-order valence-corrected chi connectivity index (χ4v) is 4.59. The first-order valence-corrected chi connectivity index (χ1v) is 7.00. The molecule has 93 valence electrons. The Labute approximate surface area is 107 Å². The molecular weight excluding hydrogens is 215 g/mol. The van der Waals surface area contributed by atoms with Crippen LogP contribution >= 0.6 is 0 Å². The molecule has 0 aromatic heterocycles. The van der Waals surface area contributed by atoms with Crippen molar-refractivity contribution in [3.8, 4) is 0 Å². The molecule has 0 bridgehead atoms. The molecule has 0 aromatic rings. The quantitative estimate of drug-likeness (QED) is 0.684. The highest BCUT2D eigenvalue weighted by Gasteiger charge is 2.56. The van der Waals surface area contributed by atoms with E-state index in [1.807, 2.05) is 0 Å². The SMILES string of the molecule is CCC1(C)[N](N(C)C)[Al][N](N(C)C)C1(C)C. The third-order valence-corrected chi connectivity index (χ3v) is 6.74. The van der Waals surface area contributed by atoms with E-state index in [2.05, 4.69) is 73.9 Å². The maximum Gasteiger partial charge on any atom is 0.487 e. The van der Waals surface area contributed by atoms with Gasteiger partial charge in [-0.15, -0.1) is 0 Å². The Hall–Kier alpha value is 0.372. The molecule has 4 nitrogen and oxygen atoms in total. The lowest BCUT2D eigenvalue weighted by molar-refractivity contribution is -0.0493. The average molecular weight is 241 g/mol. The first kappa shape index (κ1) is 14.4. The molecule has 1 saturated heterocycles. The Balaban J connectivity index is 3.11. The lowest BCUT2D eigenvalue weighted by atomic mass is 9.80. The summed E-state index contributed by atoms with van der Waals surface area (Å²) in [5.41, 5.74) is 0.376. The van der Waals surface area contributed by atoms with Gasteiger partial charge in [0.25, 0.3) is 0 Å². The topological polar surface area (TPSA) is 13.0 Å². The van der Waals surface area contributed by atoms with E-state index in [-0.39, 0.29) is 26.7 Å². The third kappa shape index (κ3) is 1.94. The number of hydrogen-bond donors (Lipinski definition) is 0. The van der Waals surface area contributed by atoms with E-state index >= 15 is 0 Å². The normalized spacial score (nSPS) is 31.4. The van der Waals surface area contributed by atoms with Gasteiger partial charge in [-0.2, -0.15) is 0 Å². The number of nitrogens with zero attached hydrogens (tertiary/aromatic N) is 4. The molecule has 16 heavy (non-hydrogen) atoms. The minimum Gasteiger partial charge on any atom is -0.305 e. The molecule has 1 rings (SSSR count). The highest BCUT2D eigenvalue weighted by molar-refractivity contribution is 6.30. The molecule has 1 atom stereocenters. The Morgan fingerprint density at radius 1 is 0.938 bits per heavy atom. The fourth-order valence-electron chi connectivity index (χ4n) is 2.65. The molecule has 1 fully saturated rings. The van der Waals surface area contributed by atoms with Crippen LogP contribution in [0.1, 0.15) is 34.1 Å². The molecule has 0 saturated carbocycles. The summed E-state index contributed by atoms with van der Waals surface area (Å²) in [4.78, 5) is 0. The molecule has 1 radical (unpaired) electrons. The average Bonchev–Trinajstić information content (AvgIpc) is 2.36. The van der Waals surface area contributed by atoms with Crippen molar-refractivity contribution in [1.82, 2.24) is 18.0 Å². The van der Waals surface area contributed by atoms with E-state index in [0.717, 1.165) is 6.42 Å².